The molecular formula is C12H22N2. The van der Waals surface area contributed by atoms with Gasteiger partial charge in [-0.25, -0.2) is 0 Å². The third-order valence-electron chi connectivity index (χ3n) is 4.91. The van der Waals surface area contributed by atoms with E-state index in [0.717, 1.165) is 23.8 Å². The van der Waals surface area contributed by atoms with Crippen LogP contribution in [-0.4, -0.2) is 18.6 Å². The summed E-state index contributed by atoms with van der Waals surface area (Å²) >= 11 is 0. The van der Waals surface area contributed by atoms with Crippen LogP contribution >= 0.6 is 0 Å². The molecule has 3 aliphatic rings. The van der Waals surface area contributed by atoms with Crippen LogP contribution in [0.3, 0.4) is 0 Å². The summed E-state index contributed by atoms with van der Waals surface area (Å²) in [6.45, 7) is 1.20. The van der Waals surface area contributed by atoms with Crippen LogP contribution in [0, 0.1) is 17.8 Å². The van der Waals surface area contributed by atoms with E-state index >= 15 is 0 Å². The molecule has 0 spiro atoms. The molecule has 3 fully saturated rings. The molecule has 0 aliphatic heterocycles. The molecule has 3 rings (SSSR count). The highest BCUT2D eigenvalue weighted by molar-refractivity contribution is 5.00. The molecule has 80 valence electrons. The average molecular weight is 194 g/mol. The normalized spacial score (nSPS) is 46.9. The molecule has 0 radical (unpaired) electrons. The maximum atomic E-state index is 6.27. The Hall–Kier alpha value is -0.0800. The monoisotopic (exact) mass is 194 g/mol. The van der Waals surface area contributed by atoms with Crippen molar-refractivity contribution in [2.75, 3.05) is 6.54 Å². The number of hydrogen-bond donors (Lipinski definition) is 2. The van der Waals surface area contributed by atoms with Gasteiger partial charge in [0.15, 0.2) is 0 Å². The zero-order valence-corrected chi connectivity index (χ0v) is 8.91. The predicted octanol–water partition coefficient (Wildman–Crippen LogP) is 1.50. The van der Waals surface area contributed by atoms with E-state index in [1.165, 1.54) is 45.1 Å². The van der Waals surface area contributed by atoms with Crippen molar-refractivity contribution in [1.29, 1.82) is 0 Å². The summed E-state index contributed by atoms with van der Waals surface area (Å²) in [5.74, 6) is 2.63. The van der Waals surface area contributed by atoms with Crippen molar-refractivity contribution in [2.24, 2.45) is 23.5 Å². The molecule has 14 heavy (non-hydrogen) atoms. The highest BCUT2D eigenvalue weighted by atomic mass is 14.9. The van der Waals surface area contributed by atoms with Gasteiger partial charge in [-0.1, -0.05) is 6.42 Å². The summed E-state index contributed by atoms with van der Waals surface area (Å²) in [6, 6.07) is 1.35. The molecule has 2 bridgehead atoms. The molecular weight excluding hydrogens is 172 g/mol. The number of hydrogen-bond acceptors (Lipinski definition) is 2. The molecule has 4 atom stereocenters. The second-order valence-electron chi connectivity index (χ2n) is 5.61. The van der Waals surface area contributed by atoms with Crippen LogP contribution in [0.2, 0.25) is 0 Å². The van der Waals surface area contributed by atoms with Crippen LogP contribution in [-0.2, 0) is 0 Å². The molecule has 3 saturated carbocycles. The van der Waals surface area contributed by atoms with Crippen LogP contribution < -0.4 is 11.1 Å². The van der Waals surface area contributed by atoms with Gasteiger partial charge in [0.2, 0.25) is 0 Å². The molecule has 4 unspecified atom stereocenters. The third kappa shape index (κ3) is 1.40. The van der Waals surface area contributed by atoms with Gasteiger partial charge in [-0.15, -0.1) is 0 Å². The van der Waals surface area contributed by atoms with Gasteiger partial charge in [0.25, 0.3) is 0 Å². The average Bonchev–Trinajstić information content (AvgIpc) is 2.65. The lowest BCUT2D eigenvalue weighted by molar-refractivity contribution is 0.245. The summed E-state index contributed by atoms with van der Waals surface area (Å²) in [4.78, 5) is 0. The first-order valence-corrected chi connectivity index (χ1v) is 6.33. The van der Waals surface area contributed by atoms with E-state index in [9.17, 15) is 0 Å². The first kappa shape index (κ1) is 9.17. The molecule has 0 aromatic heterocycles. The van der Waals surface area contributed by atoms with Gasteiger partial charge in [0, 0.05) is 12.1 Å². The Labute approximate surface area is 86.6 Å². The van der Waals surface area contributed by atoms with Gasteiger partial charge in [-0.3, -0.25) is 0 Å². The first-order valence-electron chi connectivity index (χ1n) is 6.33. The summed E-state index contributed by atoms with van der Waals surface area (Å²) in [7, 11) is 0. The van der Waals surface area contributed by atoms with Gasteiger partial charge >= 0.3 is 0 Å². The molecule has 0 aromatic carbocycles. The third-order valence-corrected chi connectivity index (χ3v) is 4.91. The fourth-order valence-electron chi connectivity index (χ4n) is 3.67. The maximum Gasteiger partial charge on any atom is 0.0110 e. The molecule has 3 N–H and O–H groups in total. The van der Waals surface area contributed by atoms with Crippen LogP contribution in [0.25, 0.3) is 0 Å². The van der Waals surface area contributed by atoms with Crippen molar-refractivity contribution in [1.82, 2.24) is 5.32 Å². The second kappa shape index (κ2) is 3.49. The molecule has 0 saturated heterocycles. The number of fused-ring (bicyclic) bond motifs is 2. The zero-order chi connectivity index (χ0) is 9.54. The second-order valence-corrected chi connectivity index (χ2v) is 5.61. The molecule has 2 nitrogen and oxygen atoms in total. The Morgan fingerprint density at radius 3 is 2.43 bits per heavy atom. The van der Waals surface area contributed by atoms with Gasteiger partial charge in [-0.05, 0) is 56.4 Å². The molecule has 2 heteroatoms. The summed E-state index contributed by atoms with van der Waals surface area (Å²) in [6.07, 6.45) is 8.52. The van der Waals surface area contributed by atoms with E-state index in [4.69, 9.17) is 5.73 Å². The largest absolute Gasteiger partial charge is 0.327 e. The van der Waals surface area contributed by atoms with Crippen molar-refractivity contribution < 1.29 is 0 Å². The maximum absolute atomic E-state index is 6.27. The lowest BCUT2D eigenvalue weighted by Gasteiger charge is -2.33. The fourth-order valence-corrected chi connectivity index (χ4v) is 3.67. The minimum absolute atomic E-state index is 0.515. The van der Waals surface area contributed by atoms with Gasteiger partial charge in [0.05, 0.1) is 0 Å². The minimum Gasteiger partial charge on any atom is -0.327 e. The van der Waals surface area contributed by atoms with Gasteiger partial charge in [-0.2, -0.15) is 0 Å². The van der Waals surface area contributed by atoms with Crippen molar-refractivity contribution in [3.63, 3.8) is 0 Å². The molecule has 0 aromatic rings. The van der Waals surface area contributed by atoms with E-state index < -0.39 is 0 Å². The van der Waals surface area contributed by atoms with Gasteiger partial charge < -0.3 is 11.1 Å². The predicted molar refractivity (Wildman–Crippen MR) is 57.9 cm³/mol. The number of nitrogens with one attached hydrogen (secondary N) is 1. The fraction of sp³-hybridized carbons (Fsp3) is 1.00. The van der Waals surface area contributed by atoms with Crippen LogP contribution in [0.5, 0.6) is 0 Å². The Bertz CT molecular complexity index is 210. The Morgan fingerprint density at radius 2 is 1.86 bits per heavy atom. The van der Waals surface area contributed by atoms with Crippen molar-refractivity contribution in [3.8, 4) is 0 Å². The smallest absolute Gasteiger partial charge is 0.0110 e. The Kier molecular flexibility index (Phi) is 2.29. The highest BCUT2D eigenvalue weighted by Crippen LogP contribution is 2.47. The Morgan fingerprint density at radius 1 is 1.07 bits per heavy atom. The lowest BCUT2D eigenvalue weighted by atomic mass is 9.84. The topological polar surface area (TPSA) is 38.0 Å². The molecule has 0 heterocycles. The Balaban J connectivity index is 1.52. The zero-order valence-electron chi connectivity index (χ0n) is 8.91. The summed E-state index contributed by atoms with van der Waals surface area (Å²) < 4.78 is 0. The van der Waals surface area contributed by atoms with Gasteiger partial charge in [0.1, 0.15) is 0 Å². The minimum atomic E-state index is 0.515. The van der Waals surface area contributed by atoms with Crippen LogP contribution in [0.4, 0.5) is 0 Å². The first-order chi connectivity index (χ1) is 6.84. The van der Waals surface area contributed by atoms with E-state index in [0.29, 0.717) is 6.04 Å². The van der Waals surface area contributed by atoms with Crippen LogP contribution in [0.15, 0.2) is 0 Å². The molecule has 0 amide bonds. The highest BCUT2D eigenvalue weighted by Gasteiger charge is 2.45. The summed E-state index contributed by atoms with van der Waals surface area (Å²) in [5, 5.41) is 3.70. The molecule has 3 aliphatic carbocycles. The van der Waals surface area contributed by atoms with E-state index in [-0.39, 0.29) is 0 Å². The summed E-state index contributed by atoms with van der Waals surface area (Å²) in [5.41, 5.74) is 6.27. The van der Waals surface area contributed by atoms with E-state index in [1.54, 1.807) is 0 Å². The number of nitrogens with two attached hydrogens (primary N) is 1. The van der Waals surface area contributed by atoms with Crippen molar-refractivity contribution in [3.05, 3.63) is 0 Å². The standard InChI is InChI=1S/C12H22N2/c13-12-9-5-4-8(6-9)11(12)7-14-10-2-1-3-10/h8-12,14H,1-7,13H2. The van der Waals surface area contributed by atoms with E-state index in [1.807, 2.05) is 0 Å². The SMILES string of the molecule is NC1C2CCC(C2)C1CNC1CCC1. The van der Waals surface area contributed by atoms with Crippen LogP contribution in [0.1, 0.15) is 38.5 Å². The van der Waals surface area contributed by atoms with Crippen molar-refractivity contribution >= 4 is 0 Å². The number of rotatable bonds is 3. The van der Waals surface area contributed by atoms with Crippen molar-refractivity contribution in [2.45, 2.75) is 50.6 Å². The van der Waals surface area contributed by atoms with E-state index in [2.05, 4.69) is 5.32 Å². The lowest BCUT2D eigenvalue weighted by Crippen LogP contribution is -2.45. The quantitative estimate of drug-likeness (QED) is 0.714.